The Balaban J connectivity index is 1.38. The number of aryl methyl sites for hydroxylation is 2. The van der Waals surface area contributed by atoms with Crippen molar-refractivity contribution < 1.29 is 9.53 Å². The zero-order valence-corrected chi connectivity index (χ0v) is 16.9. The maximum Gasteiger partial charge on any atom is 0.251 e. The lowest BCUT2D eigenvalue weighted by atomic mass is 10.1. The first-order valence-electron chi connectivity index (χ1n) is 9.92. The molecule has 6 heteroatoms. The van der Waals surface area contributed by atoms with Crippen LogP contribution in [0.15, 0.2) is 54.6 Å². The average Bonchev–Trinajstić information content (AvgIpc) is 3.14. The number of carbonyl (C=O) groups excluding carboxylic acids is 1. The number of fused-ring (bicyclic) bond motifs is 1. The van der Waals surface area contributed by atoms with Crippen LogP contribution in [0, 0.1) is 6.92 Å². The summed E-state index contributed by atoms with van der Waals surface area (Å²) in [6.07, 6.45) is 1.09. The highest BCUT2D eigenvalue weighted by Gasteiger charge is 2.18. The number of aromatic nitrogens is 2. The molecule has 0 saturated carbocycles. The minimum Gasteiger partial charge on any atom is -0.496 e. The Kier molecular flexibility index (Phi) is 5.51. The molecule has 0 atom stereocenters. The molecule has 0 radical (unpaired) electrons. The van der Waals surface area contributed by atoms with Gasteiger partial charge in [0.1, 0.15) is 11.6 Å². The summed E-state index contributed by atoms with van der Waals surface area (Å²) in [5, 5.41) is 7.52. The van der Waals surface area contributed by atoms with Crippen LogP contribution in [0.4, 0.5) is 5.82 Å². The normalized spacial score (nSPS) is 13.1. The van der Waals surface area contributed by atoms with Gasteiger partial charge in [-0.3, -0.25) is 4.79 Å². The summed E-state index contributed by atoms with van der Waals surface area (Å²) in [5.41, 5.74) is 3.84. The Bertz CT molecular complexity index is 994. The van der Waals surface area contributed by atoms with E-state index in [0.717, 1.165) is 43.1 Å². The highest BCUT2D eigenvalue weighted by Crippen LogP contribution is 2.23. The van der Waals surface area contributed by atoms with Gasteiger partial charge in [-0.15, -0.1) is 0 Å². The summed E-state index contributed by atoms with van der Waals surface area (Å²) >= 11 is 0. The number of anilines is 1. The fourth-order valence-electron chi connectivity index (χ4n) is 3.75. The zero-order chi connectivity index (χ0) is 20.2. The third-order valence-electron chi connectivity index (χ3n) is 5.22. The molecule has 2 aromatic carbocycles. The summed E-state index contributed by atoms with van der Waals surface area (Å²) in [6, 6.07) is 17.7. The highest BCUT2D eigenvalue weighted by molar-refractivity contribution is 5.94. The van der Waals surface area contributed by atoms with Gasteiger partial charge in [0.05, 0.1) is 12.8 Å². The van der Waals surface area contributed by atoms with E-state index in [1.165, 1.54) is 11.4 Å². The first kappa shape index (κ1) is 19.1. The number of nitrogens with zero attached hydrogens (tertiary/aromatic N) is 3. The van der Waals surface area contributed by atoms with Gasteiger partial charge in [-0.1, -0.05) is 30.3 Å². The largest absolute Gasteiger partial charge is 0.496 e. The van der Waals surface area contributed by atoms with Crippen molar-refractivity contribution in [2.75, 3.05) is 18.6 Å². The van der Waals surface area contributed by atoms with Crippen molar-refractivity contribution in [2.24, 2.45) is 0 Å². The average molecular weight is 390 g/mol. The Morgan fingerprint density at radius 2 is 1.93 bits per heavy atom. The maximum atomic E-state index is 12.5. The summed E-state index contributed by atoms with van der Waals surface area (Å²) in [5.74, 6) is 1.86. The fourth-order valence-corrected chi connectivity index (χ4v) is 3.75. The molecule has 4 rings (SSSR count). The quantitative estimate of drug-likeness (QED) is 0.699. The molecule has 3 aromatic rings. The summed E-state index contributed by atoms with van der Waals surface area (Å²) in [6.45, 7) is 5.27. The molecular formula is C23H26N4O2. The second kappa shape index (κ2) is 8.39. The molecule has 0 unspecified atom stereocenters. The van der Waals surface area contributed by atoms with E-state index in [1.54, 1.807) is 7.11 Å². The van der Waals surface area contributed by atoms with Crippen molar-refractivity contribution in [1.29, 1.82) is 0 Å². The van der Waals surface area contributed by atoms with Crippen LogP contribution >= 0.6 is 0 Å². The second-order valence-electron chi connectivity index (χ2n) is 7.33. The lowest BCUT2D eigenvalue weighted by Gasteiger charge is -2.29. The van der Waals surface area contributed by atoms with E-state index >= 15 is 0 Å². The first-order valence-corrected chi connectivity index (χ1v) is 9.92. The van der Waals surface area contributed by atoms with Crippen molar-refractivity contribution >= 4 is 11.7 Å². The number of hydrogen-bond acceptors (Lipinski definition) is 4. The van der Waals surface area contributed by atoms with Crippen molar-refractivity contribution in [3.63, 3.8) is 0 Å². The molecule has 0 bridgehead atoms. The van der Waals surface area contributed by atoms with E-state index in [9.17, 15) is 4.79 Å². The predicted octanol–water partition coefficient (Wildman–Crippen LogP) is 3.54. The number of amides is 1. The van der Waals surface area contributed by atoms with E-state index in [1.807, 2.05) is 55.5 Å². The lowest BCUT2D eigenvalue weighted by Crippen LogP contribution is -2.31. The van der Waals surface area contributed by atoms with Crippen molar-refractivity contribution in [2.45, 2.75) is 33.0 Å². The molecule has 1 aromatic heterocycles. The molecule has 2 heterocycles. The van der Waals surface area contributed by atoms with Crippen LogP contribution in [0.2, 0.25) is 0 Å². The van der Waals surface area contributed by atoms with E-state index in [4.69, 9.17) is 4.74 Å². The predicted molar refractivity (Wildman–Crippen MR) is 113 cm³/mol. The number of benzene rings is 2. The van der Waals surface area contributed by atoms with Crippen LogP contribution in [0.5, 0.6) is 5.75 Å². The monoisotopic (exact) mass is 390 g/mol. The number of carbonyl (C=O) groups is 1. The molecule has 6 nitrogen and oxygen atoms in total. The molecule has 1 aliphatic rings. The van der Waals surface area contributed by atoms with Gasteiger partial charge < -0.3 is 15.0 Å². The van der Waals surface area contributed by atoms with Crippen molar-refractivity contribution in [3.8, 4) is 5.75 Å². The van der Waals surface area contributed by atoms with Gasteiger partial charge in [-0.05, 0) is 37.1 Å². The van der Waals surface area contributed by atoms with Crippen LogP contribution in [0.3, 0.4) is 0 Å². The number of hydrogen-bond donors (Lipinski definition) is 1. The molecule has 0 aliphatic carbocycles. The van der Waals surface area contributed by atoms with E-state index in [-0.39, 0.29) is 5.91 Å². The van der Waals surface area contributed by atoms with E-state index < -0.39 is 0 Å². The van der Waals surface area contributed by atoms with Gasteiger partial charge >= 0.3 is 0 Å². The van der Waals surface area contributed by atoms with Crippen LogP contribution in [-0.2, 0) is 19.6 Å². The number of rotatable bonds is 6. The van der Waals surface area contributed by atoms with Gasteiger partial charge in [-0.2, -0.15) is 5.10 Å². The molecule has 0 spiro atoms. The maximum absolute atomic E-state index is 12.5. The first-order chi connectivity index (χ1) is 14.1. The number of para-hydroxylation sites is 1. The van der Waals surface area contributed by atoms with Crippen LogP contribution in [0.1, 0.15) is 33.6 Å². The molecule has 29 heavy (non-hydrogen) atoms. The Morgan fingerprint density at radius 3 is 2.72 bits per heavy atom. The topological polar surface area (TPSA) is 59.4 Å². The zero-order valence-electron chi connectivity index (χ0n) is 16.9. The Morgan fingerprint density at radius 1 is 1.14 bits per heavy atom. The molecule has 1 aliphatic heterocycles. The van der Waals surface area contributed by atoms with Crippen LogP contribution < -0.4 is 15.0 Å². The minimum atomic E-state index is -0.0888. The summed E-state index contributed by atoms with van der Waals surface area (Å²) in [4.78, 5) is 14.9. The molecule has 0 saturated heterocycles. The fraction of sp³-hybridized carbons (Fsp3) is 0.304. The molecule has 1 N–H and O–H groups in total. The molecule has 1 amide bonds. The van der Waals surface area contributed by atoms with Gasteiger partial charge in [0, 0.05) is 43.4 Å². The van der Waals surface area contributed by atoms with Gasteiger partial charge in [0.25, 0.3) is 5.91 Å². The molecule has 0 fully saturated rings. The third kappa shape index (κ3) is 4.26. The van der Waals surface area contributed by atoms with Crippen molar-refractivity contribution in [1.82, 2.24) is 15.1 Å². The van der Waals surface area contributed by atoms with E-state index in [2.05, 4.69) is 26.1 Å². The van der Waals surface area contributed by atoms with E-state index in [0.29, 0.717) is 12.1 Å². The molecular weight excluding hydrogens is 364 g/mol. The van der Waals surface area contributed by atoms with Crippen LogP contribution in [-0.4, -0.2) is 29.3 Å². The lowest BCUT2D eigenvalue weighted by molar-refractivity contribution is 0.0950. The summed E-state index contributed by atoms with van der Waals surface area (Å²) < 4.78 is 7.42. The SMILES string of the molecule is COc1ccccc1CNC(=O)c1ccc(CN2CCCn3nc(C)cc32)cc1. The highest BCUT2D eigenvalue weighted by atomic mass is 16.5. The van der Waals surface area contributed by atoms with Gasteiger partial charge in [-0.25, -0.2) is 4.68 Å². The second-order valence-corrected chi connectivity index (χ2v) is 7.33. The van der Waals surface area contributed by atoms with Crippen molar-refractivity contribution in [3.05, 3.63) is 77.0 Å². The number of nitrogens with one attached hydrogen (secondary N) is 1. The molecule has 150 valence electrons. The minimum absolute atomic E-state index is 0.0888. The standard InChI is InChI=1S/C23H26N4O2/c1-17-14-22-26(12-5-13-27(22)25-17)16-18-8-10-19(11-9-18)23(28)24-15-20-6-3-4-7-21(20)29-2/h3-4,6-11,14H,5,12-13,15-16H2,1-2H3,(H,24,28). The third-order valence-corrected chi connectivity index (χ3v) is 5.22. The Labute approximate surface area is 171 Å². The summed E-state index contributed by atoms with van der Waals surface area (Å²) in [7, 11) is 1.63. The van der Waals surface area contributed by atoms with Crippen LogP contribution in [0.25, 0.3) is 0 Å². The number of methoxy groups -OCH3 is 1. The smallest absolute Gasteiger partial charge is 0.251 e. The number of ether oxygens (including phenoxy) is 1. The Hall–Kier alpha value is -3.28. The van der Waals surface area contributed by atoms with Gasteiger partial charge in [0.2, 0.25) is 0 Å². The van der Waals surface area contributed by atoms with Gasteiger partial charge in [0.15, 0.2) is 0 Å².